The van der Waals surface area contributed by atoms with Crippen LogP contribution in [0.4, 0.5) is 5.69 Å². The molecule has 1 aliphatic rings. The fourth-order valence-electron chi connectivity index (χ4n) is 3.88. The fourth-order valence-corrected chi connectivity index (χ4v) is 3.88. The average molecular weight is 468 g/mol. The van der Waals surface area contributed by atoms with Crippen LogP contribution in [0.1, 0.15) is 42.9 Å². The van der Waals surface area contributed by atoms with Gasteiger partial charge in [-0.2, -0.15) is 0 Å². The van der Waals surface area contributed by atoms with Gasteiger partial charge < -0.3 is 19.8 Å². The second-order valence-corrected chi connectivity index (χ2v) is 7.77. The predicted molar refractivity (Wildman–Crippen MR) is 121 cm³/mol. The number of carbonyl (C=O) groups excluding carboxylic acids is 2. The number of aliphatic carboxylic acids is 1. The molecule has 0 spiro atoms. The summed E-state index contributed by atoms with van der Waals surface area (Å²) in [7, 11) is 1.51. The topological polar surface area (TPSA) is 147 Å². The number of nitro groups is 1. The zero-order chi connectivity index (χ0) is 24.8. The van der Waals surface area contributed by atoms with E-state index >= 15 is 0 Å². The van der Waals surface area contributed by atoms with Gasteiger partial charge in [-0.3, -0.25) is 24.5 Å². The van der Waals surface area contributed by atoms with Gasteiger partial charge in [-0.05, 0) is 42.7 Å². The van der Waals surface area contributed by atoms with E-state index in [9.17, 15) is 29.6 Å². The summed E-state index contributed by atoms with van der Waals surface area (Å²) in [6.07, 6.45) is 1.48. The van der Waals surface area contributed by atoms with E-state index in [1.807, 2.05) is 0 Å². The Hall–Kier alpha value is -4.21. The van der Waals surface area contributed by atoms with Gasteiger partial charge in [0.2, 0.25) is 0 Å². The summed E-state index contributed by atoms with van der Waals surface area (Å²) in [5.74, 6) is -2.39. The molecule has 1 fully saturated rings. The molecule has 1 amide bonds. The molecule has 0 aliphatic carbocycles. The SMILES string of the molecule is COc1ccc([C@@H]2/C(=C(\O)c3ccc([N+](=O)[O-])cc3)C(=O)C(=O)N2CCCCCC(=O)O)cc1. The average Bonchev–Trinajstić information content (AvgIpc) is 3.08. The number of ketones is 1. The molecule has 10 nitrogen and oxygen atoms in total. The molecule has 2 aromatic rings. The van der Waals surface area contributed by atoms with Crippen LogP contribution in [0.2, 0.25) is 0 Å². The third-order valence-corrected chi connectivity index (χ3v) is 5.61. The first-order valence-corrected chi connectivity index (χ1v) is 10.6. The number of rotatable bonds is 10. The number of non-ortho nitro benzene ring substituents is 1. The number of carbonyl (C=O) groups is 3. The molecule has 34 heavy (non-hydrogen) atoms. The number of amides is 1. The highest BCUT2D eigenvalue weighted by molar-refractivity contribution is 6.46. The number of carboxylic acid groups (broad SMARTS) is 1. The Balaban J connectivity index is 1.98. The second-order valence-electron chi connectivity index (χ2n) is 7.77. The smallest absolute Gasteiger partial charge is 0.303 e. The number of aliphatic hydroxyl groups excluding tert-OH is 1. The number of methoxy groups -OCH3 is 1. The highest BCUT2D eigenvalue weighted by Crippen LogP contribution is 2.40. The Morgan fingerprint density at radius 2 is 1.68 bits per heavy atom. The minimum atomic E-state index is -0.901. The minimum absolute atomic E-state index is 0.0148. The molecule has 2 aromatic carbocycles. The number of nitro benzene ring substituents is 1. The standard InChI is InChI=1S/C24H24N2O8/c1-34-18-12-8-15(9-13-18)21-20(22(29)16-6-10-17(11-7-16)26(32)33)23(30)24(31)25(21)14-4-2-3-5-19(27)28/h6-13,21,29H,2-5,14H2,1H3,(H,27,28)/b22-20+/t21-/m1/s1. The van der Waals surface area contributed by atoms with Crippen molar-refractivity contribution in [2.45, 2.75) is 31.7 Å². The third kappa shape index (κ3) is 5.22. The van der Waals surface area contributed by atoms with E-state index in [1.54, 1.807) is 24.3 Å². The van der Waals surface area contributed by atoms with Crippen molar-refractivity contribution in [3.8, 4) is 5.75 Å². The zero-order valence-corrected chi connectivity index (χ0v) is 18.5. The molecule has 0 bridgehead atoms. The third-order valence-electron chi connectivity index (χ3n) is 5.61. The molecule has 1 aliphatic heterocycles. The van der Waals surface area contributed by atoms with Crippen molar-refractivity contribution in [3.05, 3.63) is 75.3 Å². The molecule has 0 saturated carbocycles. The number of benzene rings is 2. The van der Waals surface area contributed by atoms with E-state index in [-0.39, 0.29) is 29.8 Å². The summed E-state index contributed by atoms with van der Waals surface area (Å²) in [5.41, 5.74) is 0.456. The Kier molecular flexibility index (Phi) is 7.62. The molecule has 0 unspecified atom stereocenters. The van der Waals surface area contributed by atoms with Crippen LogP contribution < -0.4 is 4.74 Å². The number of Topliss-reactive ketones (excluding diaryl/α,β-unsaturated/α-hetero) is 1. The summed E-state index contributed by atoms with van der Waals surface area (Å²) >= 11 is 0. The van der Waals surface area contributed by atoms with E-state index in [4.69, 9.17) is 9.84 Å². The van der Waals surface area contributed by atoms with Gasteiger partial charge in [0.25, 0.3) is 17.4 Å². The van der Waals surface area contributed by atoms with Crippen LogP contribution >= 0.6 is 0 Å². The van der Waals surface area contributed by atoms with Gasteiger partial charge in [0.1, 0.15) is 11.5 Å². The Morgan fingerprint density at radius 1 is 1.03 bits per heavy atom. The number of likely N-dealkylation sites (tertiary alicyclic amines) is 1. The molecular formula is C24H24N2O8. The summed E-state index contributed by atoms with van der Waals surface area (Å²) in [5, 5.41) is 30.7. The number of aliphatic hydroxyl groups is 1. The Labute approximate surface area is 195 Å². The van der Waals surface area contributed by atoms with Crippen molar-refractivity contribution in [2.75, 3.05) is 13.7 Å². The highest BCUT2D eigenvalue weighted by atomic mass is 16.6. The number of unbranched alkanes of at least 4 members (excludes halogenated alkanes) is 2. The van der Waals surface area contributed by atoms with Crippen molar-refractivity contribution in [2.24, 2.45) is 0 Å². The number of carboxylic acids is 1. The van der Waals surface area contributed by atoms with Gasteiger partial charge in [0.05, 0.1) is 23.6 Å². The maximum atomic E-state index is 13.0. The maximum Gasteiger partial charge on any atom is 0.303 e. The van der Waals surface area contributed by atoms with Crippen LogP contribution in [-0.2, 0) is 14.4 Å². The summed E-state index contributed by atoms with van der Waals surface area (Å²) in [6.45, 7) is 0.192. The van der Waals surface area contributed by atoms with Crippen LogP contribution in [0.5, 0.6) is 5.75 Å². The quantitative estimate of drug-likeness (QED) is 0.134. The summed E-state index contributed by atoms with van der Waals surface area (Å²) < 4.78 is 5.17. The molecule has 1 heterocycles. The highest BCUT2D eigenvalue weighted by Gasteiger charge is 2.45. The molecule has 10 heteroatoms. The number of ether oxygens (including phenoxy) is 1. The molecular weight excluding hydrogens is 444 g/mol. The van der Waals surface area contributed by atoms with Crippen LogP contribution in [-0.4, -0.2) is 51.4 Å². The van der Waals surface area contributed by atoms with Crippen LogP contribution in [0, 0.1) is 10.1 Å². The lowest BCUT2D eigenvalue weighted by atomic mass is 9.95. The summed E-state index contributed by atoms with van der Waals surface area (Å²) in [6, 6.07) is 10.9. The van der Waals surface area contributed by atoms with E-state index in [0.29, 0.717) is 30.6 Å². The van der Waals surface area contributed by atoms with E-state index in [0.717, 1.165) is 0 Å². The molecule has 1 atom stereocenters. The molecule has 0 aromatic heterocycles. The normalized spacial score (nSPS) is 17.1. The van der Waals surface area contributed by atoms with Gasteiger partial charge in [-0.1, -0.05) is 18.6 Å². The molecule has 3 rings (SSSR count). The number of hydrogen-bond donors (Lipinski definition) is 2. The molecule has 2 N–H and O–H groups in total. The van der Waals surface area contributed by atoms with Crippen molar-refractivity contribution in [1.82, 2.24) is 4.90 Å². The largest absolute Gasteiger partial charge is 0.507 e. The minimum Gasteiger partial charge on any atom is -0.507 e. The van der Waals surface area contributed by atoms with Crippen molar-refractivity contribution >= 4 is 29.1 Å². The fraction of sp³-hybridized carbons (Fsp3) is 0.292. The second kappa shape index (κ2) is 10.6. The first-order chi connectivity index (χ1) is 16.2. The lowest BCUT2D eigenvalue weighted by molar-refractivity contribution is -0.384. The lowest BCUT2D eigenvalue weighted by Gasteiger charge is -2.25. The molecule has 1 saturated heterocycles. The van der Waals surface area contributed by atoms with E-state index < -0.39 is 34.4 Å². The predicted octanol–water partition coefficient (Wildman–Crippen LogP) is 3.67. The first-order valence-electron chi connectivity index (χ1n) is 10.6. The van der Waals surface area contributed by atoms with E-state index in [2.05, 4.69) is 0 Å². The van der Waals surface area contributed by atoms with Gasteiger partial charge >= 0.3 is 5.97 Å². The summed E-state index contributed by atoms with van der Waals surface area (Å²) in [4.78, 5) is 48.3. The molecule has 0 radical (unpaired) electrons. The van der Waals surface area contributed by atoms with Crippen LogP contribution in [0.15, 0.2) is 54.1 Å². The van der Waals surface area contributed by atoms with Crippen LogP contribution in [0.3, 0.4) is 0 Å². The van der Waals surface area contributed by atoms with Gasteiger partial charge in [-0.25, -0.2) is 0 Å². The van der Waals surface area contributed by atoms with Gasteiger partial charge in [0, 0.05) is 30.7 Å². The lowest BCUT2D eigenvalue weighted by Crippen LogP contribution is -2.30. The van der Waals surface area contributed by atoms with Crippen molar-refractivity contribution in [1.29, 1.82) is 0 Å². The first kappa shape index (κ1) is 24.4. The number of hydrogen-bond acceptors (Lipinski definition) is 7. The van der Waals surface area contributed by atoms with Crippen molar-refractivity contribution < 1.29 is 34.3 Å². The van der Waals surface area contributed by atoms with E-state index in [1.165, 1.54) is 36.3 Å². The van der Waals surface area contributed by atoms with Crippen LogP contribution in [0.25, 0.3) is 5.76 Å². The Morgan fingerprint density at radius 3 is 2.24 bits per heavy atom. The maximum absolute atomic E-state index is 13.0. The zero-order valence-electron chi connectivity index (χ0n) is 18.5. The van der Waals surface area contributed by atoms with Crippen molar-refractivity contribution in [3.63, 3.8) is 0 Å². The Bertz CT molecular complexity index is 1120. The number of nitrogens with zero attached hydrogens (tertiary/aromatic N) is 2. The monoisotopic (exact) mass is 468 g/mol. The molecule has 178 valence electrons. The van der Waals surface area contributed by atoms with Gasteiger partial charge in [-0.15, -0.1) is 0 Å². The van der Waals surface area contributed by atoms with Gasteiger partial charge in [0.15, 0.2) is 0 Å².